The molecule has 0 bridgehead atoms. The van der Waals surface area contributed by atoms with Crippen molar-refractivity contribution >= 4 is 0 Å². The fourth-order valence-corrected chi connectivity index (χ4v) is 0.855. The van der Waals surface area contributed by atoms with E-state index in [4.69, 9.17) is 9.63 Å². The molecule has 0 amide bonds. The standard InChI is InChI=1S/C8H15N3O2/c1-6(2)9-5-8-10-7(3-4-12)11-13-8/h6,9,12H,3-5H2,1-2H3. The van der Waals surface area contributed by atoms with Crippen molar-refractivity contribution in [3.63, 3.8) is 0 Å². The van der Waals surface area contributed by atoms with Gasteiger partial charge in [-0.25, -0.2) is 0 Å². The number of hydrogen-bond donors (Lipinski definition) is 2. The second-order valence-electron chi connectivity index (χ2n) is 3.11. The van der Waals surface area contributed by atoms with Crippen molar-refractivity contribution < 1.29 is 9.63 Å². The zero-order chi connectivity index (χ0) is 9.68. The first-order chi connectivity index (χ1) is 6.22. The van der Waals surface area contributed by atoms with Crippen LogP contribution in [0.4, 0.5) is 0 Å². The second kappa shape index (κ2) is 4.94. The lowest BCUT2D eigenvalue weighted by molar-refractivity contribution is 0.292. The Hall–Kier alpha value is -0.940. The maximum Gasteiger partial charge on any atom is 0.240 e. The van der Waals surface area contributed by atoms with Crippen molar-refractivity contribution in [3.8, 4) is 0 Å². The lowest BCUT2D eigenvalue weighted by Gasteiger charge is -2.02. The molecule has 0 aliphatic heterocycles. The Morgan fingerprint density at radius 1 is 1.54 bits per heavy atom. The molecule has 1 aromatic heterocycles. The van der Waals surface area contributed by atoms with E-state index in [2.05, 4.69) is 15.5 Å². The first-order valence-corrected chi connectivity index (χ1v) is 4.38. The molecule has 0 radical (unpaired) electrons. The first kappa shape index (κ1) is 10.1. The average molecular weight is 185 g/mol. The largest absolute Gasteiger partial charge is 0.396 e. The first-order valence-electron chi connectivity index (χ1n) is 4.38. The molecule has 1 heterocycles. The number of nitrogens with one attached hydrogen (secondary N) is 1. The molecule has 1 aromatic rings. The van der Waals surface area contributed by atoms with Crippen LogP contribution in [0.15, 0.2) is 4.52 Å². The van der Waals surface area contributed by atoms with Gasteiger partial charge in [0.25, 0.3) is 0 Å². The number of aromatic nitrogens is 2. The van der Waals surface area contributed by atoms with E-state index in [-0.39, 0.29) is 6.61 Å². The Bertz CT molecular complexity index is 247. The van der Waals surface area contributed by atoms with Crippen LogP contribution in [0.2, 0.25) is 0 Å². The van der Waals surface area contributed by atoms with Gasteiger partial charge in [0.1, 0.15) is 0 Å². The normalized spacial score (nSPS) is 11.1. The van der Waals surface area contributed by atoms with Gasteiger partial charge in [-0.3, -0.25) is 0 Å². The predicted molar refractivity (Wildman–Crippen MR) is 47.1 cm³/mol. The van der Waals surface area contributed by atoms with Crippen LogP contribution < -0.4 is 5.32 Å². The fraction of sp³-hybridized carbons (Fsp3) is 0.750. The Morgan fingerprint density at radius 3 is 2.92 bits per heavy atom. The van der Waals surface area contributed by atoms with E-state index >= 15 is 0 Å². The van der Waals surface area contributed by atoms with Gasteiger partial charge in [-0.15, -0.1) is 0 Å². The second-order valence-corrected chi connectivity index (χ2v) is 3.11. The molecule has 0 spiro atoms. The van der Waals surface area contributed by atoms with Crippen LogP contribution >= 0.6 is 0 Å². The van der Waals surface area contributed by atoms with E-state index in [1.807, 2.05) is 13.8 Å². The minimum Gasteiger partial charge on any atom is -0.396 e. The Labute approximate surface area is 77.2 Å². The molecular weight excluding hydrogens is 170 g/mol. The zero-order valence-electron chi connectivity index (χ0n) is 7.95. The highest BCUT2D eigenvalue weighted by atomic mass is 16.5. The summed E-state index contributed by atoms with van der Waals surface area (Å²) in [5.41, 5.74) is 0. The minimum atomic E-state index is 0.0522. The smallest absolute Gasteiger partial charge is 0.240 e. The fourth-order valence-electron chi connectivity index (χ4n) is 0.855. The van der Waals surface area contributed by atoms with Gasteiger partial charge in [0.2, 0.25) is 5.89 Å². The summed E-state index contributed by atoms with van der Waals surface area (Å²) < 4.78 is 4.93. The van der Waals surface area contributed by atoms with Gasteiger partial charge < -0.3 is 14.9 Å². The summed E-state index contributed by atoms with van der Waals surface area (Å²) in [5.74, 6) is 1.13. The number of nitrogens with zero attached hydrogens (tertiary/aromatic N) is 2. The molecule has 0 saturated heterocycles. The summed E-state index contributed by atoms with van der Waals surface area (Å²) in [6, 6.07) is 0.396. The van der Waals surface area contributed by atoms with E-state index in [1.165, 1.54) is 0 Å². The summed E-state index contributed by atoms with van der Waals surface area (Å²) in [4.78, 5) is 4.07. The molecule has 1 rings (SSSR count). The van der Waals surface area contributed by atoms with E-state index in [9.17, 15) is 0 Å². The molecule has 0 unspecified atom stereocenters. The van der Waals surface area contributed by atoms with Gasteiger partial charge in [-0.05, 0) is 0 Å². The number of aliphatic hydroxyl groups excluding tert-OH is 1. The van der Waals surface area contributed by atoms with Crippen LogP contribution in [0.1, 0.15) is 25.6 Å². The van der Waals surface area contributed by atoms with Gasteiger partial charge in [0, 0.05) is 12.5 Å². The monoisotopic (exact) mass is 185 g/mol. The minimum absolute atomic E-state index is 0.0522. The topological polar surface area (TPSA) is 71.2 Å². The molecule has 0 atom stereocenters. The van der Waals surface area contributed by atoms with E-state index < -0.39 is 0 Å². The third-order valence-corrected chi connectivity index (χ3v) is 1.51. The number of aliphatic hydroxyl groups is 1. The molecule has 0 aliphatic rings. The summed E-state index contributed by atoms with van der Waals surface area (Å²) in [6.45, 7) is 4.72. The van der Waals surface area contributed by atoms with E-state index in [0.717, 1.165) is 0 Å². The quantitative estimate of drug-likeness (QED) is 0.681. The molecular formula is C8H15N3O2. The highest BCUT2D eigenvalue weighted by Gasteiger charge is 2.05. The van der Waals surface area contributed by atoms with Crippen LogP contribution in [0, 0.1) is 0 Å². The summed E-state index contributed by atoms with van der Waals surface area (Å²) in [5, 5.41) is 15.5. The third-order valence-electron chi connectivity index (χ3n) is 1.51. The van der Waals surface area contributed by atoms with Gasteiger partial charge in [-0.2, -0.15) is 4.98 Å². The van der Waals surface area contributed by atoms with Crippen LogP contribution in [0.5, 0.6) is 0 Å². The van der Waals surface area contributed by atoms with Crippen molar-refractivity contribution in [2.24, 2.45) is 0 Å². The van der Waals surface area contributed by atoms with Crippen LogP contribution in [-0.4, -0.2) is 27.9 Å². The van der Waals surface area contributed by atoms with E-state index in [1.54, 1.807) is 0 Å². The van der Waals surface area contributed by atoms with E-state index in [0.29, 0.717) is 30.7 Å². The SMILES string of the molecule is CC(C)NCc1nc(CCO)no1. The molecule has 0 aromatic carbocycles. The number of hydrogen-bond acceptors (Lipinski definition) is 5. The molecule has 2 N–H and O–H groups in total. The molecule has 0 fully saturated rings. The van der Waals surface area contributed by atoms with Gasteiger partial charge >= 0.3 is 0 Å². The van der Waals surface area contributed by atoms with Gasteiger partial charge in [0.15, 0.2) is 5.82 Å². The Balaban J connectivity index is 2.39. The van der Waals surface area contributed by atoms with Crippen LogP contribution in [0.25, 0.3) is 0 Å². The average Bonchev–Trinajstić information content (AvgIpc) is 2.50. The van der Waals surface area contributed by atoms with Crippen molar-refractivity contribution in [1.29, 1.82) is 0 Å². The zero-order valence-corrected chi connectivity index (χ0v) is 7.95. The van der Waals surface area contributed by atoms with Crippen molar-refractivity contribution in [1.82, 2.24) is 15.5 Å². The molecule has 13 heavy (non-hydrogen) atoms. The van der Waals surface area contributed by atoms with Gasteiger partial charge in [0.05, 0.1) is 13.2 Å². The molecule has 5 heteroatoms. The van der Waals surface area contributed by atoms with Crippen molar-refractivity contribution in [2.75, 3.05) is 6.61 Å². The number of rotatable bonds is 5. The maximum atomic E-state index is 8.61. The highest BCUT2D eigenvalue weighted by molar-refractivity contribution is 4.86. The van der Waals surface area contributed by atoms with Crippen molar-refractivity contribution in [3.05, 3.63) is 11.7 Å². The summed E-state index contributed by atoms with van der Waals surface area (Å²) in [6.07, 6.45) is 0.450. The molecule has 5 nitrogen and oxygen atoms in total. The van der Waals surface area contributed by atoms with Gasteiger partial charge in [-0.1, -0.05) is 19.0 Å². The lowest BCUT2D eigenvalue weighted by atomic mass is 10.4. The molecule has 74 valence electrons. The summed E-state index contributed by atoms with van der Waals surface area (Å²) in [7, 11) is 0. The Morgan fingerprint density at radius 2 is 2.31 bits per heavy atom. The summed E-state index contributed by atoms with van der Waals surface area (Å²) >= 11 is 0. The molecule has 0 saturated carbocycles. The van der Waals surface area contributed by atoms with Crippen molar-refractivity contribution in [2.45, 2.75) is 32.9 Å². The predicted octanol–water partition coefficient (Wildman–Crippen LogP) is 0.102. The lowest BCUT2D eigenvalue weighted by Crippen LogP contribution is -2.21. The molecule has 0 aliphatic carbocycles. The van der Waals surface area contributed by atoms with Crippen LogP contribution in [-0.2, 0) is 13.0 Å². The van der Waals surface area contributed by atoms with Crippen LogP contribution in [0.3, 0.4) is 0 Å². The third kappa shape index (κ3) is 3.52. The maximum absolute atomic E-state index is 8.61. The Kier molecular flexibility index (Phi) is 3.85. The highest BCUT2D eigenvalue weighted by Crippen LogP contribution is 1.97.